The summed E-state index contributed by atoms with van der Waals surface area (Å²) in [5.74, 6) is -1.80. The summed E-state index contributed by atoms with van der Waals surface area (Å²) in [6, 6.07) is 12.1. The van der Waals surface area contributed by atoms with Gasteiger partial charge >= 0.3 is 5.69 Å². The summed E-state index contributed by atoms with van der Waals surface area (Å²) in [4.78, 5) is 26.9. The number of nitrogens with zero attached hydrogens (tertiary/aromatic N) is 2. The van der Waals surface area contributed by atoms with E-state index in [1.165, 1.54) is 12.1 Å². The number of anilines is 1. The van der Waals surface area contributed by atoms with E-state index >= 15 is 0 Å². The number of hydrogen-bond donors (Lipinski definition) is 3. The summed E-state index contributed by atoms with van der Waals surface area (Å²) >= 11 is 0. The molecule has 1 aliphatic carbocycles. The molecule has 1 saturated carbocycles. The van der Waals surface area contributed by atoms with Crippen molar-refractivity contribution in [1.82, 2.24) is 14.3 Å². The highest BCUT2D eigenvalue weighted by Crippen LogP contribution is 2.31. The number of benzene rings is 2. The van der Waals surface area contributed by atoms with Crippen LogP contribution < -0.4 is 21.9 Å². The van der Waals surface area contributed by atoms with Crippen molar-refractivity contribution in [3.63, 3.8) is 0 Å². The minimum absolute atomic E-state index is 0.0831. The Balaban J connectivity index is 1.50. The van der Waals surface area contributed by atoms with Crippen LogP contribution in [0.25, 0.3) is 11.1 Å². The molecule has 11 heteroatoms. The highest BCUT2D eigenvalue weighted by Gasteiger charge is 2.31. The van der Waals surface area contributed by atoms with Gasteiger partial charge in [0.2, 0.25) is 15.9 Å². The normalized spacial score (nSPS) is 18.3. The molecule has 2 atom stereocenters. The predicted molar refractivity (Wildman–Crippen MR) is 120 cm³/mol. The Morgan fingerprint density at radius 2 is 1.85 bits per heavy atom. The first-order valence-electron chi connectivity index (χ1n) is 10.2. The van der Waals surface area contributed by atoms with Crippen LogP contribution in [0.1, 0.15) is 35.7 Å². The third-order valence-electron chi connectivity index (χ3n) is 5.70. The zero-order chi connectivity index (χ0) is 23.8. The Morgan fingerprint density at radius 1 is 1.12 bits per heavy atom. The first-order valence-corrected chi connectivity index (χ1v) is 11.7. The van der Waals surface area contributed by atoms with E-state index in [2.05, 4.69) is 9.71 Å². The van der Waals surface area contributed by atoms with Gasteiger partial charge in [0.15, 0.2) is 11.6 Å². The number of nitrogens with one attached hydrogen (secondary N) is 1. The number of sulfonamides is 1. The molecule has 5 N–H and O–H groups in total. The predicted octanol–water partition coefficient (Wildman–Crippen LogP) is 1.80. The summed E-state index contributed by atoms with van der Waals surface area (Å²) in [5.41, 5.74) is 11.7. The molecule has 0 saturated heterocycles. The molecule has 0 radical (unpaired) electrons. The SMILES string of the molecule is NC(=O)c1ccc(-c2cccc(S(=O)(=O)N[C@H]3CC[C@H](n4cc(F)c(N)nc4=O)C3)c2)cc1. The molecule has 1 fully saturated rings. The molecule has 1 amide bonds. The average molecular weight is 472 g/mol. The van der Waals surface area contributed by atoms with Gasteiger partial charge in [-0.05, 0) is 54.7 Å². The number of carbonyl (C=O) groups excluding carboxylic acids is 1. The summed E-state index contributed by atoms with van der Waals surface area (Å²) in [6.07, 6.45) is 2.30. The number of rotatable bonds is 6. The Labute approximate surface area is 189 Å². The smallest absolute Gasteiger partial charge is 0.349 e. The van der Waals surface area contributed by atoms with Crippen molar-refractivity contribution in [3.8, 4) is 11.1 Å². The Morgan fingerprint density at radius 3 is 2.55 bits per heavy atom. The van der Waals surface area contributed by atoms with Gasteiger partial charge in [0.05, 0.1) is 4.90 Å². The van der Waals surface area contributed by atoms with Crippen molar-refractivity contribution in [2.45, 2.75) is 36.2 Å². The first kappa shape index (κ1) is 22.6. The standard InChI is InChI=1S/C22H22FN5O4S/c23-19-12-28(22(30)26-20(19)24)17-9-8-16(11-17)27-33(31,32)18-3-1-2-15(10-18)13-4-6-14(7-5-13)21(25)29/h1-7,10,12,16-17,27H,8-9,11H2,(H2,25,29)(H2,24,26,30)/t16-,17-/m0/s1. The molecular weight excluding hydrogens is 449 g/mol. The lowest BCUT2D eigenvalue weighted by atomic mass is 10.0. The molecule has 9 nitrogen and oxygen atoms in total. The molecule has 1 heterocycles. The average Bonchev–Trinajstić information content (AvgIpc) is 3.24. The number of aromatic nitrogens is 2. The molecule has 2 aromatic carbocycles. The lowest BCUT2D eigenvalue weighted by Gasteiger charge is -2.16. The molecule has 0 unspecified atom stereocenters. The number of hydrogen-bond acceptors (Lipinski definition) is 6. The van der Waals surface area contributed by atoms with E-state index in [0.29, 0.717) is 30.4 Å². The molecule has 1 aliphatic rings. The highest BCUT2D eigenvalue weighted by molar-refractivity contribution is 7.89. The van der Waals surface area contributed by atoms with Crippen molar-refractivity contribution >= 4 is 21.7 Å². The van der Waals surface area contributed by atoms with Crippen molar-refractivity contribution in [1.29, 1.82) is 0 Å². The van der Waals surface area contributed by atoms with Gasteiger partial charge in [-0.25, -0.2) is 22.3 Å². The third-order valence-corrected chi connectivity index (χ3v) is 7.22. The van der Waals surface area contributed by atoms with E-state index in [1.54, 1.807) is 36.4 Å². The Kier molecular flexibility index (Phi) is 6.00. The van der Waals surface area contributed by atoms with E-state index in [9.17, 15) is 22.4 Å². The van der Waals surface area contributed by atoms with Gasteiger partial charge < -0.3 is 11.5 Å². The molecular formula is C22H22FN5O4S. The molecule has 0 bridgehead atoms. The molecule has 4 rings (SSSR count). The van der Waals surface area contributed by atoms with Crippen LogP contribution in [0.2, 0.25) is 0 Å². The van der Waals surface area contributed by atoms with E-state index < -0.39 is 39.3 Å². The first-order chi connectivity index (χ1) is 15.6. The third kappa shape index (κ3) is 4.78. The molecule has 0 aliphatic heterocycles. The number of amides is 1. The van der Waals surface area contributed by atoms with Gasteiger partial charge in [0.1, 0.15) is 0 Å². The number of nitrogens with two attached hydrogens (primary N) is 2. The van der Waals surface area contributed by atoms with Crippen LogP contribution in [-0.2, 0) is 10.0 Å². The minimum Gasteiger partial charge on any atom is -0.381 e. The summed E-state index contributed by atoms with van der Waals surface area (Å²) in [6.45, 7) is 0. The lowest BCUT2D eigenvalue weighted by Crippen LogP contribution is -2.34. The summed E-state index contributed by atoms with van der Waals surface area (Å²) in [7, 11) is -3.85. The number of primary amides is 1. The maximum Gasteiger partial charge on any atom is 0.349 e. The van der Waals surface area contributed by atoms with E-state index in [4.69, 9.17) is 11.5 Å². The Bertz CT molecular complexity index is 1370. The van der Waals surface area contributed by atoms with Crippen LogP contribution in [0.4, 0.5) is 10.2 Å². The number of nitrogen functional groups attached to an aromatic ring is 1. The second-order valence-corrected chi connectivity index (χ2v) is 9.63. The monoisotopic (exact) mass is 471 g/mol. The second kappa shape index (κ2) is 8.75. The second-order valence-electron chi connectivity index (χ2n) is 7.92. The quantitative estimate of drug-likeness (QED) is 0.499. The fourth-order valence-electron chi connectivity index (χ4n) is 3.99. The van der Waals surface area contributed by atoms with Gasteiger partial charge in [-0.3, -0.25) is 9.36 Å². The van der Waals surface area contributed by atoms with Gasteiger partial charge in [0.25, 0.3) is 0 Å². The lowest BCUT2D eigenvalue weighted by molar-refractivity contribution is 0.100. The number of halogens is 1. The van der Waals surface area contributed by atoms with Crippen LogP contribution >= 0.6 is 0 Å². The van der Waals surface area contributed by atoms with E-state index in [1.807, 2.05) is 0 Å². The van der Waals surface area contributed by atoms with E-state index in [0.717, 1.165) is 16.3 Å². The van der Waals surface area contributed by atoms with Crippen molar-refractivity contribution in [3.05, 3.63) is 76.6 Å². The van der Waals surface area contributed by atoms with Crippen LogP contribution in [0.5, 0.6) is 0 Å². The Hall–Kier alpha value is -3.57. The van der Waals surface area contributed by atoms with Gasteiger partial charge in [-0.1, -0.05) is 24.3 Å². The summed E-state index contributed by atoms with van der Waals surface area (Å²) < 4.78 is 43.6. The van der Waals surface area contributed by atoms with Crippen molar-refractivity contribution < 1.29 is 17.6 Å². The summed E-state index contributed by atoms with van der Waals surface area (Å²) in [5, 5.41) is 0. The zero-order valence-corrected chi connectivity index (χ0v) is 18.3. The molecule has 3 aromatic rings. The van der Waals surface area contributed by atoms with Crippen LogP contribution in [0.15, 0.2) is 64.4 Å². The van der Waals surface area contributed by atoms with Crippen molar-refractivity contribution in [2.24, 2.45) is 5.73 Å². The highest BCUT2D eigenvalue weighted by atomic mass is 32.2. The van der Waals surface area contributed by atoms with Gasteiger partial charge in [-0.2, -0.15) is 4.98 Å². The molecule has 1 aromatic heterocycles. The van der Waals surface area contributed by atoms with Crippen LogP contribution in [0, 0.1) is 5.82 Å². The van der Waals surface area contributed by atoms with Crippen LogP contribution in [0.3, 0.4) is 0 Å². The number of carbonyl (C=O) groups is 1. The zero-order valence-electron chi connectivity index (χ0n) is 17.4. The molecule has 33 heavy (non-hydrogen) atoms. The largest absolute Gasteiger partial charge is 0.381 e. The maximum atomic E-state index is 13.8. The van der Waals surface area contributed by atoms with Crippen LogP contribution in [-0.4, -0.2) is 29.9 Å². The van der Waals surface area contributed by atoms with Crippen molar-refractivity contribution in [2.75, 3.05) is 5.73 Å². The maximum absolute atomic E-state index is 13.8. The van der Waals surface area contributed by atoms with E-state index in [-0.39, 0.29) is 10.9 Å². The fourth-order valence-corrected chi connectivity index (χ4v) is 5.32. The van der Waals surface area contributed by atoms with Gasteiger partial charge in [0, 0.05) is 23.8 Å². The minimum atomic E-state index is -3.85. The topological polar surface area (TPSA) is 150 Å². The molecule has 0 spiro atoms. The van der Waals surface area contributed by atoms with Gasteiger partial charge in [-0.15, -0.1) is 0 Å². The fraction of sp³-hybridized carbons (Fsp3) is 0.227. The molecule has 172 valence electrons.